The molecule has 1 saturated heterocycles. The molecule has 0 amide bonds. The van der Waals surface area contributed by atoms with Gasteiger partial charge in [0.2, 0.25) is 0 Å². The molecule has 0 aliphatic carbocycles. The number of Topliss-reactive ketones (excluding diaryl/α,β-unsaturated/α-hetero) is 1. The highest BCUT2D eigenvalue weighted by Gasteiger charge is 2.31. The van der Waals surface area contributed by atoms with Crippen LogP contribution in [0.1, 0.15) is 24.2 Å². The average Bonchev–Trinajstić information content (AvgIpc) is 2.67. The maximum Gasteiger partial charge on any atom is 0.178 e. The van der Waals surface area contributed by atoms with Crippen molar-refractivity contribution in [3.05, 3.63) is 20.8 Å². The lowest BCUT2D eigenvalue weighted by Gasteiger charge is -2.30. The lowest BCUT2D eigenvalue weighted by molar-refractivity contribution is 0.0994. The summed E-state index contributed by atoms with van der Waals surface area (Å²) in [6.45, 7) is 4.45. The van der Waals surface area contributed by atoms with E-state index in [2.05, 4.69) is 29.8 Å². The van der Waals surface area contributed by atoms with Gasteiger partial charge < -0.3 is 0 Å². The highest BCUT2D eigenvalue weighted by Crippen LogP contribution is 2.38. The molecule has 2 heterocycles. The van der Waals surface area contributed by atoms with E-state index in [-0.39, 0.29) is 11.0 Å². The van der Waals surface area contributed by atoms with Gasteiger partial charge in [0.1, 0.15) is 0 Å². The third-order valence-corrected chi connectivity index (χ3v) is 7.82. The van der Waals surface area contributed by atoms with E-state index < -0.39 is 0 Å². The number of hydrogen-bond acceptors (Lipinski definition) is 4. The van der Waals surface area contributed by atoms with E-state index in [1.54, 1.807) is 11.3 Å². The Balaban J connectivity index is 2.09. The normalized spacial score (nSPS) is 30.3. The van der Waals surface area contributed by atoms with Gasteiger partial charge in [0, 0.05) is 37.0 Å². The first-order valence-corrected chi connectivity index (χ1v) is 8.85. The maximum atomic E-state index is 12.3. The van der Waals surface area contributed by atoms with Crippen molar-refractivity contribution < 1.29 is 4.79 Å². The van der Waals surface area contributed by atoms with Gasteiger partial charge in [-0.15, -0.1) is 11.8 Å². The summed E-state index contributed by atoms with van der Waals surface area (Å²) in [6.07, 6.45) is 0. The topological polar surface area (TPSA) is 17.1 Å². The first-order chi connectivity index (χ1) is 7.59. The number of carbonyl (C=O) groups excluding carboxylic acids is 1. The van der Waals surface area contributed by atoms with E-state index in [0.29, 0.717) is 10.5 Å². The number of hydrogen-bond donors (Lipinski definition) is 0. The fourth-order valence-corrected chi connectivity index (χ4v) is 5.90. The first kappa shape index (κ1) is 13.0. The average molecular weight is 337 g/mol. The van der Waals surface area contributed by atoms with Crippen LogP contribution in [0.25, 0.3) is 0 Å². The summed E-state index contributed by atoms with van der Waals surface area (Å²) in [5.74, 6) is 1.22. The van der Waals surface area contributed by atoms with Gasteiger partial charge in [0.25, 0.3) is 0 Å². The zero-order valence-electron chi connectivity index (χ0n) is 9.10. The van der Waals surface area contributed by atoms with Crippen LogP contribution < -0.4 is 0 Å². The van der Waals surface area contributed by atoms with Crippen molar-refractivity contribution in [2.45, 2.75) is 29.6 Å². The molecule has 88 valence electrons. The molecule has 3 atom stereocenters. The fourth-order valence-electron chi connectivity index (χ4n) is 1.55. The molecule has 0 radical (unpaired) electrons. The van der Waals surface area contributed by atoms with Crippen LogP contribution in [0.15, 0.2) is 15.2 Å². The van der Waals surface area contributed by atoms with Gasteiger partial charge in [-0.2, -0.15) is 23.1 Å². The molecule has 0 spiro atoms. The Hall–Kier alpha value is 0.550. The Morgan fingerprint density at radius 1 is 1.38 bits per heavy atom. The molecule has 16 heavy (non-hydrogen) atoms. The van der Waals surface area contributed by atoms with Gasteiger partial charge in [0.05, 0.1) is 5.25 Å². The largest absolute Gasteiger partial charge is 0.293 e. The summed E-state index contributed by atoms with van der Waals surface area (Å²) in [4.78, 5) is 12.3. The lowest BCUT2D eigenvalue weighted by Crippen LogP contribution is -2.31. The number of rotatable bonds is 2. The van der Waals surface area contributed by atoms with E-state index in [4.69, 9.17) is 0 Å². The summed E-state index contributed by atoms with van der Waals surface area (Å²) in [7, 11) is 0. The van der Waals surface area contributed by atoms with Crippen molar-refractivity contribution in [2.75, 3.05) is 5.75 Å². The van der Waals surface area contributed by atoms with Gasteiger partial charge in [-0.05, 0) is 15.9 Å². The second-order valence-electron chi connectivity index (χ2n) is 3.87. The molecule has 0 aromatic carbocycles. The summed E-state index contributed by atoms with van der Waals surface area (Å²) in [6, 6.07) is 0. The van der Waals surface area contributed by atoms with Gasteiger partial charge in [-0.25, -0.2) is 0 Å². The Morgan fingerprint density at radius 2 is 2.12 bits per heavy atom. The summed E-state index contributed by atoms with van der Waals surface area (Å²) in [5, 5.41) is 5.26. The molecule has 0 bridgehead atoms. The Bertz CT molecular complexity index is 390. The van der Waals surface area contributed by atoms with Crippen LogP contribution in [0.3, 0.4) is 0 Å². The van der Waals surface area contributed by atoms with Crippen LogP contribution in [0.5, 0.6) is 0 Å². The monoisotopic (exact) mass is 336 g/mol. The van der Waals surface area contributed by atoms with E-state index >= 15 is 0 Å². The molecule has 0 saturated carbocycles. The first-order valence-electron chi connectivity index (χ1n) is 5.12. The van der Waals surface area contributed by atoms with Crippen LogP contribution in [-0.4, -0.2) is 27.3 Å². The van der Waals surface area contributed by atoms with Crippen LogP contribution >= 0.6 is 50.8 Å². The fraction of sp³-hybridized carbons (Fsp3) is 0.545. The minimum atomic E-state index is 0.127. The smallest absolute Gasteiger partial charge is 0.178 e. The minimum absolute atomic E-state index is 0.127. The van der Waals surface area contributed by atoms with Crippen LogP contribution in [0.2, 0.25) is 0 Å². The predicted molar refractivity (Wildman–Crippen MR) is 79.1 cm³/mol. The van der Waals surface area contributed by atoms with Crippen molar-refractivity contribution in [3.8, 4) is 0 Å². The maximum absolute atomic E-state index is 12.3. The van der Waals surface area contributed by atoms with E-state index in [9.17, 15) is 4.79 Å². The summed E-state index contributed by atoms with van der Waals surface area (Å²) < 4.78 is 0.944. The quantitative estimate of drug-likeness (QED) is 0.748. The standard InChI is InChI=1S/C11H13BrOS3/c1-6-7(2)16-10(5-15-6)11(13)8-3-14-4-9(8)12/h3-4,6-7,10H,5H2,1-2H3. The minimum Gasteiger partial charge on any atom is -0.293 e. The van der Waals surface area contributed by atoms with E-state index in [1.165, 1.54) is 0 Å². The lowest BCUT2D eigenvalue weighted by atomic mass is 10.2. The van der Waals surface area contributed by atoms with Crippen molar-refractivity contribution in [1.82, 2.24) is 0 Å². The molecule has 1 aromatic heterocycles. The molecule has 1 nitrogen and oxygen atoms in total. The van der Waals surface area contributed by atoms with Crippen molar-refractivity contribution in [3.63, 3.8) is 0 Å². The highest BCUT2D eigenvalue weighted by molar-refractivity contribution is 9.10. The van der Waals surface area contributed by atoms with Gasteiger partial charge in [-0.3, -0.25) is 4.79 Å². The van der Waals surface area contributed by atoms with Crippen molar-refractivity contribution >= 4 is 56.6 Å². The SMILES string of the molecule is CC1SCC(C(=O)c2cscc2Br)SC1C. The predicted octanol–water partition coefficient (Wildman–Crippen LogP) is 4.32. The number of thioether (sulfide) groups is 2. The third kappa shape index (κ3) is 2.68. The Morgan fingerprint density at radius 3 is 2.69 bits per heavy atom. The van der Waals surface area contributed by atoms with E-state index in [0.717, 1.165) is 15.8 Å². The molecule has 1 aliphatic heterocycles. The zero-order valence-corrected chi connectivity index (χ0v) is 13.1. The number of thiophene rings is 1. The molecular formula is C11H13BrOS3. The number of halogens is 1. The molecule has 0 N–H and O–H groups in total. The number of ketones is 1. The van der Waals surface area contributed by atoms with Gasteiger partial charge in [-0.1, -0.05) is 13.8 Å². The second kappa shape index (κ2) is 5.46. The van der Waals surface area contributed by atoms with Crippen molar-refractivity contribution in [2.24, 2.45) is 0 Å². The molecular weight excluding hydrogens is 324 g/mol. The molecule has 1 aliphatic rings. The molecule has 2 rings (SSSR count). The Labute approximate surface area is 117 Å². The molecule has 3 unspecified atom stereocenters. The molecule has 1 aromatic rings. The highest BCUT2D eigenvalue weighted by atomic mass is 79.9. The van der Waals surface area contributed by atoms with Crippen LogP contribution in [-0.2, 0) is 0 Å². The summed E-state index contributed by atoms with van der Waals surface area (Å²) >= 11 is 8.75. The Kier molecular flexibility index (Phi) is 4.44. The van der Waals surface area contributed by atoms with Gasteiger partial charge in [0.15, 0.2) is 5.78 Å². The third-order valence-electron chi connectivity index (χ3n) is 2.72. The second-order valence-corrected chi connectivity index (χ2v) is 8.46. The molecule has 1 fully saturated rings. The van der Waals surface area contributed by atoms with Crippen LogP contribution in [0, 0.1) is 0 Å². The van der Waals surface area contributed by atoms with E-state index in [1.807, 2.05) is 34.3 Å². The van der Waals surface area contributed by atoms with Crippen molar-refractivity contribution in [1.29, 1.82) is 0 Å². The summed E-state index contributed by atoms with van der Waals surface area (Å²) in [5.41, 5.74) is 0.852. The van der Waals surface area contributed by atoms with Crippen LogP contribution in [0.4, 0.5) is 0 Å². The van der Waals surface area contributed by atoms with Gasteiger partial charge >= 0.3 is 0 Å². The number of carbonyl (C=O) groups is 1. The zero-order chi connectivity index (χ0) is 11.7. The molecule has 5 heteroatoms.